The number of nitro benzene ring substituents is 1. The van der Waals surface area contributed by atoms with Gasteiger partial charge < -0.3 is 5.32 Å². The maximum absolute atomic E-state index is 13.8. The molecule has 0 aliphatic carbocycles. The zero-order valence-electron chi connectivity index (χ0n) is 14.9. The Labute approximate surface area is 163 Å². The molecule has 0 saturated heterocycles. The number of aryl methyl sites for hydroxylation is 2. The summed E-state index contributed by atoms with van der Waals surface area (Å²) in [5.74, 6) is -1.41. The monoisotopic (exact) mass is 402 g/mol. The molecular formula is C17H15FN6O3S. The fourth-order valence-electron chi connectivity index (χ4n) is 2.50. The molecule has 0 fully saturated rings. The number of hydrogen-bond donors (Lipinski definition) is 1. The standard InChI is InChI=1S/C17H15FN6O3S/c1-10-3-6-15(11(2)7-10)23-17(20-21-22-23)28-9-16(25)19-14-8-12(24(26)27)4-5-13(14)18/h3-8H,9H2,1-2H3,(H,19,25). The first-order valence-corrected chi connectivity index (χ1v) is 9.06. The highest BCUT2D eigenvalue weighted by atomic mass is 32.2. The summed E-state index contributed by atoms with van der Waals surface area (Å²) in [7, 11) is 0. The number of thioether (sulfide) groups is 1. The Hall–Kier alpha value is -3.34. The average molecular weight is 402 g/mol. The zero-order chi connectivity index (χ0) is 20.3. The van der Waals surface area contributed by atoms with Crippen LogP contribution in [0.2, 0.25) is 0 Å². The summed E-state index contributed by atoms with van der Waals surface area (Å²) in [6.45, 7) is 3.90. The Morgan fingerprint density at radius 1 is 1.29 bits per heavy atom. The highest BCUT2D eigenvalue weighted by Crippen LogP contribution is 2.23. The van der Waals surface area contributed by atoms with Crippen molar-refractivity contribution in [1.82, 2.24) is 20.2 Å². The number of amides is 1. The van der Waals surface area contributed by atoms with E-state index in [1.54, 1.807) is 0 Å². The highest BCUT2D eigenvalue weighted by molar-refractivity contribution is 7.99. The zero-order valence-corrected chi connectivity index (χ0v) is 15.7. The summed E-state index contributed by atoms with van der Waals surface area (Å²) in [6, 6.07) is 8.72. The Kier molecular flexibility index (Phi) is 5.64. The molecule has 0 spiro atoms. The summed E-state index contributed by atoms with van der Waals surface area (Å²) in [5, 5.41) is 25.0. The van der Waals surface area contributed by atoms with Gasteiger partial charge in [-0.05, 0) is 42.0 Å². The maximum Gasteiger partial charge on any atom is 0.271 e. The number of tetrazole rings is 1. The average Bonchev–Trinajstić information content (AvgIpc) is 3.10. The van der Waals surface area contributed by atoms with E-state index in [0.29, 0.717) is 5.16 Å². The number of aromatic nitrogens is 4. The van der Waals surface area contributed by atoms with Crippen molar-refractivity contribution in [1.29, 1.82) is 0 Å². The molecule has 0 atom stereocenters. The van der Waals surface area contributed by atoms with Crippen molar-refractivity contribution in [2.75, 3.05) is 11.1 Å². The lowest BCUT2D eigenvalue weighted by molar-refractivity contribution is -0.384. The Bertz CT molecular complexity index is 1060. The summed E-state index contributed by atoms with van der Waals surface area (Å²) in [5.41, 5.74) is 2.28. The molecule has 9 nitrogen and oxygen atoms in total. The number of nitro groups is 1. The van der Waals surface area contributed by atoms with Crippen LogP contribution in [0, 0.1) is 29.8 Å². The molecule has 11 heteroatoms. The largest absolute Gasteiger partial charge is 0.323 e. The van der Waals surface area contributed by atoms with E-state index >= 15 is 0 Å². The Morgan fingerprint density at radius 3 is 2.79 bits per heavy atom. The van der Waals surface area contributed by atoms with E-state index in [4.69, 9.17) is 0 Å². The third-order valence-corrected chi connectivity index (χ3v) is 4.71. The van der Waals surface area contributed by atoms with Gasteiger partial charge in [0, 0.05) is 12.1 Å². The smallest absolute Gasteiger partial charge is 0.271 e. The second kappa shape index (κ2) is 8.13. The van der Waals surface area contributed by atoms with Crippen molar-refractivity contribution in [3.05, 3.63) is 63.5 Å². The van der Waals surface area contributed by atoms with Gasteiger partial charge in [-0.1, -0.05) is 29.5 Å². The van der Waals surface area contributed by atoms with Crippen LogP contribution in [-0.2, 0) is 4.79 Å². The topological polar surface area (TPSA) is 116 Å². The number of nitrogens with one attached hydrogen (secondary N) is 1. The number of carbonyl (C=O) groups is 1. The van der Waals surface area contributed by atoms with Gasteiger partial charge in [0.2, 0.25) is 11.1 Å². The van der Waals surface area contributed by atoms with E-state index in [9.17, 15) is 19.3 Å². The number of rotatable bonds is 6. The van der Waals surface area contributed by atoms with Crippen LogP contribution in [0.1, 0.15) is 11.1 Å². The molecule has 1 amide bonds. The number of nitrogens with zero attached hydrogens (tertiary/aromatic N) is 5. The molecule has 3 aromatic rings. The molecule has 0 radical (unpaired) electrons. The number of halogens is 1. The van der Waals surface area contributed by atoms with Gasteiger partial charge >= 0.3 is 0 Å². The molecule has 0 saturated carbocycles. The molecule has 0 bridgehead atoms. The van der Waals surface area contributed by atoms with Crippen molar-refractivity contribution in [3.8, 4) is 5.69 Å². The number of hydrogen-bond acceptors (Lipinski definition) is 7. The lowest BCUT2D eigenvalue weighted by Crippen LogP contribution is -2.16. The number of carbonyl (C=O) groups excluding carboxylic acids is 1. The number of benzene rings is 2. The molecule has 1 aromatic heterocycles. The summed E-state index contributed by atoms with van der Waals surface area (Å²) in [6.07, 6.45) is 0. The minimum atomic E-state index is -0.760. The molecule has 0 aliphatic heterocycles. The van der Waals surface area contributed by atoms with Crippen molar-refractivity contribution in [2.24, 2.45) is 0 Å². The first kappa shape index (κ1) is 19.4. The molecule has 28 heavy (non-hydrogen) atoms. The van der Waals surface area contributed by atoms with Crippen molar-refractivity contribution < 1.29 is 14.1 Å². The SMILES string of the molecule is Cc1ccc(-n2nnnc2SCC(=O)Nc2cc([N+](=O)[O-])ccc2F)c(C)c1. The first-order chi connectivity index (χ1) is 13.3. The van der Waals surface area contributed by atoms with Crippen LogP contribution >= 0.6 is 11.8 Å². The van der Waals surface area contributed by atoms with Crippen LogP contribution < -0.4 is 5.32 Å². The molecule has 0 unspecified atom stereocenters. The predicted octanol–water partition coefficient (Wildman–Crippen LogP) is 3.06. The van der Waals surface area contributed by atoms with Gasteiger partial charge in [0.05, 0.1) is 22.1 Å². The van der Waals surface area contributed by atoms with Gasteiger partial charge in [0.15, 0.2) is 0 Å². The fourth-order valence-corrected chi connectivity index (χ4v) is 3.19. The van der Waals surface area contributed by atoms with Gasteiger partial charge in [-0.15, -0.1) is 5.10 Å². The van der Waals surface area contributed by atoms with Crippen molar-refractivity contribution in [3.63, 3.8) is 0 Å². The van der Waals surface area contributed by atoms with E-state index in [0.717, 1.165) is 46.8 Å². The third kappa shape index (κ3) is 4.31. The van der Waals surface area contributed by atoms with Crippen LogP contribution in [0.3, 0.4) is 0 Å². The Morgan fingerprint density at radius 2 is 2.07 bits per heavy atom. The fraction of sp³-hybridized carbons (Fsp3) is 0.176. The van der Waals surface area contributed by atoms with E-state index in [-0.39, 0.29) is 17.1 Å². The summed E-state index contributed by atoms with van der Waals surface area (Å²) in [4.78, 5) is 22.3. The van der Waals surface area contributed by atoms with Crippen LogP contribution in [0.15, 0.2) is 41.6 Å². The molecule has 0 aliphatic rings. The van der Waals surface area contributed by atoms with Gasteiger partial charge in [0.1, 0.15) is 5.82 Å². The summed E-state index contributed by atoms with van der Waals surface area (Å²) < 4.78 is 15.3. The summed E-state index contributed by atoms with van der Waals surface area (Å²) >= 11 is 1.06. The number of non-ortho nitro benzene ring substituents is 1. The van der Waals surface area contributed by atoms with Crippen LogP contribution in [0.4, 0.5) is 15.8 Å². The molecule has 144 valence electrons. The lowest BCUT2D eigenvalue weighted by Gasteiger charge is -2.09. The van der Waals surface area contributed by atoms with Crippen molar-refractivity contribution >= 4 is 29.0 Å². The molecule has 1 heterocycles. The molecule has 2 aromatic carbocycles. The van der Waals surface area contributed by atoms with Crippen LogP contribution in [0.25, 0.3) is 5.69 Å². The lowest BCUT2D eigenvalue weighted by atomic mass is 10.1. The molecule has 1 N–H and O–H groups in total. The van der Waals surface area contributed by atoms with E-state index in [2.05, 4.69) is 20.8 Å². The maximum atomic E-state index is 13.8. The van der Waals surface area contributed by atoms with Gasteiger partial charge in [-0.2, -0.15) is 4.68 Å². The second-order valence-electron chi connectivity index (χ2n) is 5.92. The molecular weight excluding hydrogens is 387 g/mol. The van der Waals surface area contributed by atoms with Crippen LogP contribution in [0.5, 0.6) is 0 Å². The van der Waals surface area contributed by atoms with Gasteiger partial charge in [-0.25, -0.2) is 4.39 Å². The molecule has 3 rings (SSSR count). The first-order valence-electron chi connectivity index (χ1n) is 8.08. The predicted molar refractivity (Wildman–Crippen MR) is 101 cm³/mol. The quantitative estimate of drug-likeness (QED) is 0.383. The van der Waals surface area contributed by atoms with Gasteiger partial charge in [0.25, 0.3) is 5.69 Å². The number of anilines is 1. The van der Waals surface area contributed by atoms with E-state index in [1.807, 2.05) is 32.0 Å². The minimum Gasteiger partial charge on any atom is -0.323 e. The van der Waals surface area contributed by atoms with E-state index < -0.39 is 16.6 Å². The van der Waals surface area contributed by atoms with E-state index in [1.165, 1.54) is 4.68 Å². The second-order valence-corrected chi connectivity index (χ2v) is 6.86. The van der Waals surface area contributed by atoms with Gasteiger partial charge in [-0.3, -0.25) is 14.9 Å². The van der Waals surface area contributed by atoms with Crippen LogP contribution in [-0.4, -0.2) is 36.8 Å². The normalized spacial score (nSPS) is 10.7. The van der Waals surface area contributed by atoms with Crippen molar-refractivity contribution in [2.45, 2.75) is 19.0 Å². The minimum absolute atomic E-state index is 0.104. The Balaban J connectivity index is 1.70. The highest BCUT2D eigenvalue weighted by Gasteiger charge is 2.16. The third-order valence-electron chi connectivity index (χ3n) is 3.79.